The van der Waals surface area contributed by atoms with Gasteiger partial charge in [-0.1, -0.05) is 78.9 Å². The maximum absolute atomic E-state index is 13.2. The maximum atomic E-state index is 13.2. The molecule has 0 radical (unpaired) electrons. The van der Waals surface area contributed by atoms with Crippen LogP contribution in [0.3, 0.4) is 0 Å². The Hall–Kier alpha value is -3.96. The average Bonchev–Trinajstić information content (AvgIpc) is 3.07. The van der Waals surface area contributed by atoms with Gasteiger partial charge in [-0.25, -0.2) is 4.39 Å². The number of nitrogens with zero attached hydrogens (tertiary/aromatic N) is 1. The van der Waals surface area contributed by atoms with Crippen LogP contribution >= 0.6 is 0 Å². The largest absolute Gasteiger partial charge is 0.497 e. The van der Waals surface area contributed by atoms with Crippen LogP contribution in [0.15, 0.2) is 103 Å². The molecule has 2 atom stereocenters. The van der Waals surface area contributed by atoms with Gasteiger partial charge in [-0.15, -0.1) is 0 Å². The Labute approximate surface area is 268 Å². The molecule has 1 aliphatic rings. The molecule has 0 aliphatic carbocycles. The van der Waals surface area contributed by atoms with Crippen molar-refractivity contribution in [1.29, 1.82) is 0 Å². The molecule has 5 heteroatoms. The molecular formula is C40H47FN2O2. The summed E-state index contributed by atoms with van der Waals surface area (Å²) >= 11 is 0. The number of halogens is 1. The van der Waals surface area contributed by atoms with E-state index < -0.39 is 0 Å². The first-order valence-electron chi connectivity index (χ1n) is 16.4. The van der Waals surface area contributed by atoms with Gasteiger partial charge in [-0.2, -0.15) is 0 Å². The number of aryl methyl sites for hydroxylation is 1. The van der Waals surface area contributed by atoms with Gasteiger partial charge in [0, 0.05) is 30.5 Å². The number of amides is 1. The molecule has 5 rings (SSSR count). The molecule has 0 fully saturated rings. The van der Waals surface area contributed by atoms with Crippen LogP contribution in [0.5, 0.6) is 5.75 Å². The van der Waals surface area contributed by atoms with Crippen LogP contribution in [0.25, 0.3) is 0 Å². The average molecular weight is 607 g/mol. The number of hydrogen-bond acceptors (Lipinski definition) is 3. The first-order chi connectivity index (χ1) is 21.9. The quantitative estimate of drug-likeness (QED) is 0.147. The Kier molecular flexibility index (Phi) is 11.1. The fourth-order valence-corrected chi connectivity index (χ4v) is 7.25. The molecular weight excluding hydrogens is 559 g/mol. The van der Waals surface area contributed by atoms with E-state index in [2.05, 4.69) is 103 Å². The standard InChI is InChI=1S/C40H47FN2O2/c1-30-28-33-19-22-37(45-3)29-38(33)31(2)43(30)27-11-25-40(34-12-6-4-7-13-34,35-14-8-5-9-15-35)24-10-26-42-39(44)23-18-32-16-20-36(41)21-17-32/h4-9,12-17,19-22,29-31H,10-11,18,23-28H2,1-3H3,(H,42,44). The van der Waals surface area contributed by atoms with Crippen LogP contribution < -0.4 is 10.1 Å². The summed E-state index contributed by atoms with van der Waals surface area (Å²) in [7, 11) is 1.74. The number of carbonyl (C=O) groups excluding carboxylic acids is 1. The third-order valence-corrected chi connectivity index (χ3v) is 9.71. The second-order valence-corrected chi connectivity index (χ2v) is 12.5. The van der Waals surface area contributed by atoms with E-state index in [0.29, 0.717) is 31.5 Å². The Morgan fingerprint density at radius 3 is 2.18 bits per heavy atom. The molecule has 0 aromatic heterocycles. The zero-order valence-electron chi connectivity index (χ0n) is 27.0. The monoisotopic (exact) mass is 606 g/mol. The number of nitrogens with one attached hydrogen (secondary N) is 1. The second-order valence-electron chi connectivity index (χ2n) is 12.5. The lowest BCUT2D eigenvalue weighted by Crippen LogP contribution is -2.42. The van der Waals surface area contributed by atoms with Crippen molar-refractivity contribution in [2.45, 2.75) is 76.3 Å². The first-order valence-corrected chi connectivity index (χ1v) is 16.4. The number of methoxy groups -OCH3 is 1. The molecule has 1 heterocycles. The smallest absolute Gasteiger partial charge is 0.220 e. The van der Waals surface area contributed by atoms with E-state index in [4.69, 9.17) is 4.74 Å². The second kappa shape index (κ2) is 15.4. The van der Waals surface area contributed by atoms with Crippen LogP contribution in [-0.2, 0) is 23.1 Å². The third-order valence-electron chi connectivity index (χ3n) is 9.71. The van der Waals surface area contributed by atoms with Gasteiger partial charge in [0.2, 0.25) is 5.91 Å². The molecule has 1 amide bonds. The number of fused-ring (bicyclic) bond motifs is 1. The highest BCUT2D eigenvalue weighted by atomic mass is 19.1. The molecule has 45 heavy (non-hydrogen) atoms. The fraction of sp³-hybridized carbons (Fsp3) is 0.375. The molecule has 4 nitrogen and oxygen atoms in total. The van der Waals surface area contributed by atoms with Gasteiger partial charge in [0.25, 0.3) is 0 Å². The first kappa shape index (κ1) is 32.4. The highest BCUT2D eigenvalue weighted by molar-refractivity contribution is 5.76. The molecule has 0 spiro atoms. The summed E-state index contributed by atoms with van der Waals surface area (Å²) in [6.45, 7) is 6.32. The lowest BCUT2D eigenvalue weighted by molar-refractivity contribution is -0.121. The lowest BCUT2D eigenvalue weighted by Gasteiger charge is -2.42. The van der Waals surface area contributed by atoms with Crippen molar-refractivity contribution < 1.29 is 13.9 Å². The van der Waals surface area contributed by atoms with Gasteiger partial charge < -0.3 is 10.1 Å². The number of carbonyl (C=O) groups is 1. The minimum atomic E-state index is -0.255. The van der Waals surface area contributed by atoms with Crippen LogP contribution in [0, 0.1) is 5.82 Å². The van der Waals surface area contributed by atoms with Crippen molar-refractivity contribution in [3.05, 3.63) is 137 Å². The summed E-state index contributed by atoms with van der Waals surface area (Å²) in [6.07, 6.45) is 5.93. The maximum Gasteiger partial charge on any atom is 0.220 e. The summed E-state index contributed by atoms with van der Waals surface area (Å²) in [4.78, 5) is 15.3. The van der Waals surface area contributed by atoms with Crippen LogP contribution in [0.1, 0.15) is 79.8 Å². The van der Waals surface area contributed by atoms with Gasteiger partial charge in [0.1, 0.15) is 11.6 Å². The predicted molar refractivity (Wildman–Crippen MR) is 181 cm³/mol. The molecule has 1 N–H and O–H groups in total. The van der Waals surface area contributed by atoms with Crippen LogP contribution in [0.4, 0.5) is 4.39 Å². The van der Waals surface area contributed by atoms with E-state index >= 15 is 0 Å². The SMILES string of the molecule is COc1ccc2c(c1)C(C)N(CCCC(CCCNC(=O)CCc1ccc(F)cc1)(c1ccccc1)c1ccccc1)C(C)C2. The van der Waals surface area contributed by atoms with Gasteiger partial charge in [0.05, 0.1) is 7.11 Å². The van der Waals surface area contributed by atoms with Crippen molar-refractivity contribution in [3.8, 4) is 5.75 Å². The normalized spacial score (nSPS) is 16.6. The van der Waals surface area contributed by atoms with E-state index in [-0.39, 0.29) is 17.1 Å². The molecule has 4 aromatic carbocycles. The Bertz CT molecular complexity index is 1470. The third kappa shape index (κ3) is 8.01. The molecule has 1 aliphatic heterocycles. The molecule has 236 valence electrons. The summed E-state index contributed by atoms with van der Waals surface area (Å²) in [5, 5.41) is 3.15. The Balaban J connectivity index is 1.28. The molecule has 0 bridgehead atoms. The van der Waals surface area contributed by atoms with Crippen molar-refractivity contribution in [2.24, 2.45) is 0 Å². The fourth-order valence-electron chi connectivity index (χ4n) is 7.25. The Morgan fingerprint density at radius 2 is 1.53 bits per heavy atom. The minimum Gasteiger partial charge on any atom is -0.497 e. The molecule has 2 unspecified atom stereocenters. The van der Waals surface area contributed by atoms with Crippen molar-refractivity contribution in [2.75, 3.05) is 20.2 Å². The van der Waals surface area contributed by atoms with Crippen LogP contribution in [0.2, 0.25) is 0 Å². The summed E-state index contributed by atoms with van der Waals surface area (Å²) in [6, 6.07) is 35.5. The zero-order valence-corrected chi connectivity index (χ0v) is 27.0. The van der Waals surface area contributed by atoms with Crippen molar-refractivity contribution >= 4 is 5.91 Å². The van der Waals surface area contributed by atoms with Crippen molar-refractivity contribution in [3.63, 3.8) is 0 Å². The lowest BCUT2D eigenvalue weighted by atomic mass is 9.68. The van der Waals surface area contributed by atoms with Gasteiger partial charge in [-0.3, -0.25) is 9.69 Å². The number of rotatable bonds is 14. The van der Waals surface area contributed by atoms with E-state index in [1.54, 1.807) is 19.2 Å². The predicted octanol–water partition coefficient (Wildman–Crippen LogP) is 8.44. The summed E-state index contributed by atoms with van der Waals surface area (Å²) in [5.41, 5.74) is 6.26. The summed E-state index contributed by atoms with van der Waals surface area (Å²) < 4.78 is 18.8. The Morgan fingerprint density at radius 1 is 0.889 bits per heavy atom. The van der Waals surface area contributed by atoms with Gasteiger partial charge in [-0.05, 0) is 111 Å². The van der Waals surface area contributed by atoms with Gasteiger partial charge >= 0.3 is 0 Å². The van der Waals surface area contributed by atoms with E-state index in [9.17, 15) is 9.18 Å². The highest BCUT2D eigenvalue weighted by Crippen LogP contribution is 2.42. The molecule has 0 saturated heterocycles. The zero-order chi connectivity index (χ0) is 31.6. The van der Waals surface area contributed by atoms with Gasteiger partial charge in [0.15, 0.2) is 0 Å². The molecule has 0 saturated carbocycles. The summed E-state index contributed by atoms with van der Waals surface area (Å²) in [5.74, 6) is 0.702. The topological polar surface area (TPSA) is 41.6 Å². The number of benzene rings is 4. The number of hydrogen-bond donors (Lipinski definition) is 1. The highest BCUT2D eigenvalue weighted by Gasteiger charge is 2.35. The van der Waals surface area contributed by atoms with E-state index in [0.717, 1.165) is 50.0 Å². The molecule has 4 aromatic rings. The van der Waals surface area contributed by atoms with E-state index in [1.807, 2.05) is 0 Å². The number of ether oxygens (including phenoxy) is 1. The van der Waals surface area contributed by atoms with Crippen molar-refractivity contribution in [1.82, 2.24) is 10.2 Å². The minimum absolute atomic E-state index is 0.0364. The van der Waals surface area contributed by atoms with E-state index in [1.165, 1.54) is 34.4 Å². The van der Waals surface area contributed by atoms with Crippen LogP contribution in [-0.4, -0.2) is 37.0 Å².